The monoisotopic (exact) mass is 320 g/mol. The Balaban J connectivity index is 1.62. The highest BCUT2D eigenvalue weighted by Crippen LogP contribution is 2.19. The lowest BCUT2D eigenvalue weighted by Crippen LogP contribution is -2.32. The molecular weight excluding hydrogens is 300 g/mol. The number of para-hydroxylation sites is 2. The Morgan fingerprint density at radius 3 is 2.58 bits per heavy atom. The van der Waals surface area contributed by atoms with E-state index in [1.807, 2.05) is 54.7 Å². The summed E-state index contributed by atoms with van der Waals surface area (Å²) in [7, 11) is 0. The summed E-state index contributed by atoms with van der Waals surface area (Å²) in [6.07, 6.45) is 3.55. The molecule has 0 saturated carbocycles. The molecule has 1 aromatic heterocycles. The van der Waals surface area contributed by atoms with Gasteiger partial charge in [0.1, 0.15) is 0 Å². The fourth-order valence-electron chi connectivity index (χ4n) is 2.50. The average molecular weight is 320 g/mol. The number of hydrogen-bond acceptors (Lipinski definition) is 2. The van der Waals surface area contributed by atoms with Gasteiger partial charge in [-0.1, -0.05) is 49.4 Å². The van der Waals surface area contributed by atoms with Crippen LogP contribution in [0.4, 0.5) is 10.5 Å². The first-order valence-electron chi connectivity index (χ1n) is 7.93. The maximum Gasteiger partial charge on any atom is 0.319 e. The molecule has 2 N–H and O–H groups in total. The zero-order valence-electron chi connectivity index (χ0n) is 13.5. The summed E-state index contributed by atoms with van der Waals surface area (Å²) >= 11 is 0. The number of amides is 2. The Labute approximate surface area is 141 Å². The number of aromatic nitrogens is 2. The molecule has 0 radical (unpaired) electrons. The van der Waals surface area contributed by atoms with Crippen LogP contribution in [0.2, 0.25) is 0 Å². The Hall–Kier alpha value is -3.08. The molecule has 0 saturated heterocycles. The van der Waals surface area contributed by atoms with Crippen LogP contribution in [0.1, 0.15) is 18.4 Å². The van der Waals surface area contributed by atoms with Crippen molar-refractivity contribution in [2.45, 2.75) is 12.8 Å². The van der Waals surface area contributed by atoms with E-state index in [2.05, 4.69) is 34.8 Å². The van der Waals surface area contributed by atoms with E-state index in [0.717, 1.165) is 5.69 Å². The van der Waals surface area contributed by atoms with Crippen molar-refractivity contribution in [3.05, 3.63) is 78.6 Å². The maximum atomic E-state index is 12.2. The van der Waals surface area contributed by atoms with Gasteiger partial charge in [0.2, 0.25) is 0 Å². The molecule has 0 aliphatic heterocycles. The quantitative estimate of drug-likeness (QED) is 0.751. The SMILES string of the molecule is C[C@@H](CNC(=O)Nc1ccccc1-n1cccn1)c1ccccc1. The van der Waals surface area contributed by atoms with Gasteiger partial charge in [0.05, 0.1) is 11.4 Å². The highest BCUT2D eigenvalue weighted by molar-refractivity contribution is 5.91. The lowest BCUT2D eigenvalue weighted by Gasteiger charge is -2.15. The molecule has 1 heterocycles. The normalized spacial score (nSPS) is 11.7. The molecule has 3 aromatic rings. The molecule has 2 aromatic carbocycles. The largest absolute Gasteiger partial charge is 0.337 e. The number of carbonyl (C=O) groups excluding carboxylic acids is 1. The highest BCUT2D eigenvalue weighted by atomic mass is 16.2. The van der Waals surface area contributed by atoms with Crippen molar-refractivity contribution in [2.75, 3.05) is 11.9 Å². The molecule has 0 aliphatic carbocycles. The smallest absolute Gasteiger partial charge is 0.319 e. The van der Waals surface area contributed by atoms with Crippen LogP contribution < -0.4 is 10.6 Å². The minimum atomic E-state index is -0.225. The first kappa shape index (κ1) is 15.8. The number of benzene rings is 2. The summed E-state index contributed by atoms with van der Waals surface area (Å²) in [6, 6.07) is 19.3. The van der Waals surface area contributed by atoms with Crippen LogP contribution in [0.15, 0.2) is 73.1 Å². The van der Waals surface area contributed by atoms with E-state index in [9.17, 15) is 4.79 Å². The van der Waals surface area contributed by atoms with Crippen LogP contribution in [0, 0.1) is 0 Å². The molecule has 3 rings (SSSR count). The van der Waals surface area contributed by atoms with Crippen LogP contribution in [0.3, 0.4) is 0 Å². The summed E-state index contributed by atoms with van der Waals surface area (Å²) in [5, 5.41) is 10.0. The minimum absolute atomic E-state index is 0.225. The maximum absolute atomic E-state index is 12.2. The highest BCUT2D eigenvalue weighted by Gasteiger charge is 2.10. The van der Waals surface area contributed by atoms with Crippen LogP contribution in [0.25, 0.3) is 5.69 Å². The molecule has 1 atom stereocenters. The molecule has 5 heteroatoms. The topological polar surface area (TPSA) is 59.0 Å². The number of anilines is 1. The van der Waals surface area contributed by atoms with E-state index in [4.69, 9.17) is 0 Å². The van der Waals surface area contributed by atoms with Crippen molar-refractivity contribution in [3.8, 4) is 5.69 Å². The molecule has 122 valence electrons. The number of urea groups is 1. The Kier molecular flexibility index (Phi) is 4.91. The van der Waals surface area contributed by atoms with Crippen LogP contribution in [-0.4, -0.2) is 22.4 Å². The van der Waals surface area contributed by atoms with E-state index in [1.165, 1.54) is 5.56 Å². The second kappa shape index (κ2) is 7.46. The molecular formula is C19H20N4O. The van der Waals surface area contributed by atoms with Crippen LogP contribution in [-0.2, 0) is 0 Å². The average Bonchev–Trinajstić information content (AvgIpc) is 3.15. The van der Waals surface area contributed by atoms with Gasteiger partial charge in [-0.2, -0.15) is 5.10 Å². The standard InChI is InChI=1S/C19H20N4O/c1-15(16-8-3-2-4-9-16)14-20-19(24)22-17-10-5-6-11-18(17)23-13-7-12-21-23/h2-13,15H,14H2,1H3,(H2,20,22,24)/t15-/m0/s1. The number of carbonyl (C=O) groups is 1. The molecule has 2 amide bonds. The Morgan fingerprint density at radius 2 is 1.83 bits per heavy atom. The van der Waals surface area contributed by atoms with Crippen molar-refractivity contribution in [1.29, 1.82) is 0 Å². The summed E-state index contributed by atoms with van der Waals surface area (Å²) < 4.78 is 1.72. The molecule has 0 fully saturated rings. The summed E-state index contributed by atoms with van der Waals surface area (Å²) in [5.41, 5.74) is 2.74. The Morgan fingerprint density at radius 1 is 1.08 bits per heavy atom. The zero-order valence-corrected chi connectivity index (χ0v) is 13.5. The number of nitrogens with one attached hydrogen (secondary N) is 2. The van der Waals surface area contributed by atoms with Gasteiger partial charge in [-0.05, 0) is 29.7 Å². The zero-order chi connectivity index (χ0) is 16.8. The van der Waals surface area contributed by atoms with Gasteiger partial charge in [0.25, 0.3) is 0 Å². The van der Waals surface area contributed by atoms with Crippen LogP contribution in [0.5, 0.6) is 0 Å². The molecule has 24 heavy (non-hydrogen) atoms. The summed E-state index contributed by atoms with van der Waals surface area (Å²) in [4.78, 5) is 12.2. The first-order chi connectivity index (χ1) is 11.7. The lowest BCUT2D eigenvalue weighted by molar-refractivity contribution is 0.251. The number of rotatable bonds is 5. The van der Waals surface area contributed by atoms with Gasteiger partial charge in [-0.15, -0.1) is 0 Å². The van der Waals surface area contributed by atoms with E-state index < -0.39 is 0 Å². The van der Waals surface area contributed by atoms with Gasteiger partial charge < -0.3 is 10.6 Å². The molecule has 0 spiro atoms. The minimum Gasteiger partial charge on any atom is -0.337 e. The Bertz CT molecular complexity index is 784. The number of nitrogens with zero attached hydrogens (tertiary/aromatic N) is 2. The first-order valence-corrected chi connectivity index (χ1v) is 7.93. The number of hydrogen-bond donors (Lipinski definition) is 2. The van der Waals surface area contributed by atoms with E-state index >= 15 is 0 Å². The molecule has 0 aliphatic rings. The molecule has 0 unspecified atom stereocenters. The fourth-order valence-corrected chi connectivity index (χ4v) is 2.50. The third kappa shape index (κ3) is 3.81. The summed E-state index contributed by atoms with van der Waals surface area (Å²) in [6.45, 7) is 2.66. The van der Waals surface area contributed by atoms with Crippen molar-refractivity contribution in [2.24, 2.45) is 0 Å². The summed E-state index contributed by atoms with van der Waals surface area (Å²) in [5.74, 6) is 0.248. The van der Waals surface area contributed by atoms with E-state index in [1.54, 1.807) is 10.9 Å². The predicted molar refractivity (Wildman–Crippen MR) is 95.4 cm³/mol. The fraction of sp³-hybridized carbons (Fsp3) is 0.158. The third-order valence-corrected chi connectivity index (χ3v) is 3.84. The van der Waals surface area contributed by atoms with Crippen molar-refractivity contribution in [1.82, 2.24) is 15.1 Å². The predicted octanol–water partition coefficient (Wildman–Crippen LogP) is 3.80. The van der Waals surface area contributed by atoms with Gasteiger partial charge >= 0.3 is 6.03 Å². The van der Waals surface area contributed by atoms with Gasteiger partial charge in [-0.3, -0.25) is 0 Å². The van der Waals surface area contributed by atoms with Gasteiger partial charge in [-0.25, -0.2) is 9.48 Å². The molecule has 0 bridgehead atoms. The van der Waals surface area contributed by atoms with Crippen molar-refractivity contribution in [3.63, 3.8) is 0 Å². The lowest BCUT2D eigenvalue weighted by atomic mass is 10.0. The van der Waals surface area contributed by atoms with Gasteiger partial charge in [0, 0.05) is 18.9 Å². The van der Waals surface area contributed by atoms with E-state index in [-0.39, 0.29) is 11.9 Å². The third-order valence-electron chi connectivity index (χ3n) is 3.84. The van der Waals surface area contributed by atoms with E-state index in [0.29, 0.717) is 12.2 Å². The second-order valence-electron chi connectivity index (χ2n) is 5.61. The van der Waals surface area contributed by atoms with Crippen molar-refractivity contribution >= 4 is 11.7 Å². The van der Waals surface area contributed by atoms with Crippen LogP contribution >= 0.6 is 0 Å². The molecule has 5 nitrogen and oxygen atoms in total. The van der Waals surface area contributed by atoms with Crippen molar-refractivity contribution < 1.29 is 4.79 Å². The van der Waals surface area contributed by atoms with Gasteiger partial charge in [0.15, 0.2) is 0 Å². The second-order valence-corrected chi connectivity index (χ2v) is 5.61.